The molecule has 0 radical (unpaired) electrons. The van der Waals surface area contributed by atoms with E-state index in [1.807, 2.05) is 6.07 Å². The topological polar surface area (TPSA) is 77.0 Å². The molecule has 0 amide bonds. The summed E-state index contributed by atoms with van der Waals surface area (Å²) in [6.45, 7) is 3.73. The van der Waals surface area contributed by atoms with E-state index >= 15 is 0 Å². The second-order valence-electron chi connectivity index (χ2n) is 7.94. The van der Waals surface area contributed by atoms with Crippen molar-refractivity contribution < 1.29 is 12.8 Å². The minimum atomic E-state index is -3.08. The molecule has 2 fully saturated rings. The number of hydrogen-bond acceptors (Lipinski definition) is 4. The Balaban J connectivity index is 0.00000320. The van der Waals surface area contributed by atoms with Crippen LogP contribution in [0.4, 0.5) is 10.1 Å². The first-order valence-electron chi connectivity index (χ1n) is 10.3. The SMILES string of the molecule is CN=C(NCC1CCN(S(C)(=O)=O)CC1)NC1CCN(c2cccc(F)c2)CC1.I. The number of anilines is 1. The normalized spacial score (nSPS) is 20.0. The highest BCUT2D eigenvalue weighted by atomic mass is 127. The Morgan fingerprint density at radius 2 is 1.83 bits per heavy atom. The number of nitrogens with zero attached hydrogens (tertiary/aromatic N) is 3. The highest BCUT2D eigenvalue weighted by Gasteiger charge is 2.25. The zero-order valence-corrected chi connectivity index (χ0v) is 20.8. The number of benzene rings is 1. The third kappa shape index (κ3) is 7.23. The third-order valence-electron chi connectivity index (χ3n) is 5.83. The lowest BCUT2D eigenvalue weighted by atomic mass is 9.98. The van der Waals surface area contributed by atoms with Crippen LogP contribution in [0.5, 0.6) is 0 Å². The molecular formula is C20H33FIN5O2S. The minimum Gasteiger partial charge on any atom is -0.371 e. The molecule has 1 aromatic rings. The van der Waals surface area contributed by atoms with Crippen molar-refractivity contribution in [3.63, 3.8) is 0 Å². The summed E-state index contributed by atoms with van der Waals surface area (Å²) < 4.78 is 38.2. The van der Waals surface area contributed by atoms with Gasteiger partial charge in [0.15, 0.2) is 5.96 Å². The number of nitrogens with one attached hydrogen (secondary N) is 2. The van der Waals surface area contributed by atoms with E-state index in [2.05, 4.69) is 20.5 Å². The van der Waals surface area contributed by atoms with Crippen LogP contribution in [0, 0.1) is 11.7 Å². The van der Waals surface area contributed by atoms with Gasteiger partial charge in [-0.05, 0) is 49.8 Å². The molecule has 0 aliphatic carbocycles. The van der Waals surface area contributed by atoms with Crippen LogP contribution < -0.4 is 15.5 Å². The molecule has 7 nitrogen and oxygen atoms in total. The fourth-order valence-electron chi connectivity index (χ4n) is 4.03. The Kier molecular flexibility index (Phi) is 9.61. The lowest BCUT2D eigenvalue weighted by Gasteiger charge is -2.35. The highest BCUT2D eigenvalue weighted by molar-refractivity contribution is 14.0. The molecule has 0 saturated carbocycles. The standard InChI is InChI=1S/C20H32FN5O2S.HI/c1-22-20(23-15-16-6-12-26(13-7-16)29(2,27)28)24-18-8-10-25(11-9-18)19-5-3-4-17(21)14-19;/h3-5,14,16,18H,6-13,15H2,1-2H3,(H2,22,23,24);1H. The maximum Gasteiger partial charge on any atom is 0.211 e. The second kappa shape index (κ2) is 11.5. The molecule has 0 aromatic heterocycles. The molecule has 0 unspecified atom stereocenters. The molecule has 2 heterocycles. The number of guanidine groups is 1. The van der Waals surface area contributed by atoms with Crippen molar-refractivity contribution in [1.82, 2.24) is 14.9 Å². The van der Waals surface area contributed by atoms with Gasteiger partial charge in [0, 0.05) is 51.5 Å². The molecule has 3 rings (SSSR count). The highest BCUT2D eigenvalue weighted by Crippen LogP contribution is 2.21. The Bertz CT molecular complexity index is 807. The number of hydrogen-bond donors (Lipinski definition) is 2. The van der Waals surface area contributed by atoms with E-state index in [0.717, 1.165) is 57.0 Å². The fraction of sp³-hybridized carbons (Fsp3) is 0.650. The van der Waals surface area contributed by atoms with Gasteiger partial charge in [0.1, 0.15) is 5.82 Å². The van der Waals surface area contributed by atoms with Gasteiger partial charge in [-0.25, -0.2) is 17.1 Å². The smallest absolute Gasteiger partial charge is 0.211 e. The molecular weight excluding hydrogens is 520 g/mol. The summed E-state index contributed by atoms with van der Waals surface area (Å²) >= 11 is 0. The van der Waals surface area contributed by atoms with Crippen molar-refractivity contribution in [2.45, 2.75) is 31.7 Å². The number of piperidine rings is 2. The summed E-state index contributed by atoms with van der Waals surface area (Å²) in [5.41, 5.74) is 0.936. The van der Waals surface area contributed by atoms with E-state index in [-0.39, 0.29) is 29.8 Å². The van der Waals surface area contributed by atoms with Gasteiger partial charge >= 0.3 is 0 Å². The largest absolute Gasteiger partial charge is 0.371 e. The summed E-state index contributed by atoms with van der Waals surface area (Å²) in [5, 5.41) is 6.89. The molecule has 0 atom stereocenters. The van der Waals surface area contributed by atoms with Crippen molar-refractivity contribution in [3.05, 3.63) is 30.1 Å². The number of aliphatic imine (C=N–C) groups is 1. The van der Waals surface area contributed by atoms with Crippen LogP contribution in [0.1, 0.15) is 25.7 Å². The molecule has 1 aromatic carbocycles. The van der Waals surface area contributed by atoms with Gasteiger partial charge in [-0.15, -0.1) is 24.0 Å². The average molecular weight is 553 g/mol. The lowest BCUT2D eigenvalue weighted by Crippen LogP contribution is -2.50. The van der Waals surface area contributed by atoms with Gasteiger partial charge in [-0.1, -0.05) is 6.07 Å². The molecule has 2 saturated heterocycles. The Morgan fingerprint density at radius 3 is 2.40 bits per heavy atom. The summed E-state index contributed by atoms with van der Waals surface area (Å²) in [4.78, 5) is 6.55. The van der Waals surface area contributed by atoms with Crippen molar-refractivity contribution in [3.8, 4) is 0 Å². The molecule has 30 heavy (non-hydrogen) atoms. The van der Waals surface area contributed by atoms with Crippen LogP contribution in [0.15, 0.2) is 29.3 Å². The average Bonchev–Trinajstić information content (AvgIpc) is 2.71. The molecule has 2 aliphatic rings. The maximum atomic E-state index is 13.4. The van der Waals surface area contributed by atoms with E-state index in [4.69, 9.17) is 0 Å². The van der Waals surface area contributed by atoms with E-state index in [9.17, 15) is 12.8 Å². The van der Waals surface area contributed by atoms with Crippen molar-refractivity contribution >= 4 is 45.6 Å². The first kappa shape index (κ1) is 25.1. The molecule has 0 bridgehead atoms. The summed E-state index contributed by atoms with van der Waals surface area (Å²) in [6.07, 6.45) is 4.93. The van der Waals surface area contributed by atoms with Crippen LogP contribution >= 0.6 is 24.0 Å². The van der Waals surface area contributed by atoms with Crippen molar-refractivity contribution in [1.29, 1.82) is 0 Å². The van der Waals surface area contributed by atoms with Gasteiger partial charge < -0.3 is 15.5 Å². The van der Waals surface area contributed by atoms with E-state index in [1.54, 1.807) is 23.5 Å². The van der Waals surface area contributed by atoms with Crippen molar-refractivity contribution in [2.24, 2.45) is 10.9 Å². The van der Waals surface area contributed by atoms with Crippen LogP contribution in [0.25, 0.3) is 0 Å². The van der Waals surface area contributed by atoms with Gasteiger partial charge in [0.05, 0.1) is 6.26 Å². The maximum absolute atomic E-state index is 13.4. The van der Waals surface area contributed by atoms with Crippen LogP contribution in [-0.4, -0.2) is 70.8 Å². The van der Waals surface area contributed by atoms with E-state index in [1.165, 1.54) is 12.3 Å². The fourth-order valence-corrected chi connectivity index (χ4v) is 4.90. The number of rotatable bonds is 5. The quantitative estimate of drug-likeness (QED) is 0.333. The first-order valence-corrected chi connectivity index (χ1v) is 12.1. The van der Waals surface area contributed by atoms with Crippen LogP contribution in [-0.2, 0) is 10.0 Å². The molecule has 2 aliphatic heterocycles. The van der Waals surface area contributed by atoms with E-state index in [0.29, 0.717) is 25.0 Å². The predicted molar refractivity (Wildman–Crippen MR) is 131 cm³/mol. The Morgan fingerprint density at radius 1 is 1.17 bits per heavy atom. The van der Waals surface area contributed by atoms with Gasteiger partial charge in [-0.2, -0.15) is 0 Å². The summed E-state index contributed by atoms with van der Waals surface area (Å²) in [5.74, 6) is 1.04. The van der Waals surface area contributed by atoms with Crippen molar-refractivity contribution in [2.75, 3.05) is 50.9 Å². The second-order valence-corrected chi connectivity index (χ2v) is 9.93. The number of sulfonamides is 1. The third-order valence-corrected chi connectivity index (χ3v) is 7.14. The monoisotopic (exact) mass is 553 g/mol. The summed E-state index contributed by atoms with van der Waals surface area (Å²) in [7, 11) is -1.31. The van der Waals surface area contributed by atoms with Gasteiger partial charge in [-0.3, -0.25) is 4.99 Å². The summed E-state index contributed by atoms with van der Waals surface area (Å²) in [6, 6.07) is 7.09. The molecule has 170 valence electrons. The Labute approximate surface area is 196 Å². The minimum absolute atomic E-state index is 0. The van der Waals surface area contributed by atoms with Crippen LogP contribution in [0.2, 0.25) is 0 Å². The first-order chi connectivity index (χ1) is 13.8. The zero-order valence-electron chi connectivity index (χ0n) is 17.7. The lowest BCUT2D eigenvalue weighted by molar-refractivity contribution is 0.274. The van der Waals surface area contributed by atoms with Gasteiger partial charge in [0.25, 0.3) is 0 Å². The van der Waals surface area contributed by atoms with E-state index < -0.39 is 10.0 Å². The van der Waals surface area contributed by atoms with Crippen LogP contribution in [0.3, 0.4) is 0 Å². The number of halogens is 2. The zero-order chi connectivity index (χ0) is 20.9. The molecule has 0 spiro atoms. The molecule has 10 heteroatoms. The Hall–Kier alpha value is -1.14. The van der Waals surface area contributed by atoms with Gasteiger partial charge in [0.2, 0.25) is 10.0 Å². The molecule has 2 N–H and O–H groups in total. The predicted octanol–water partition coefficient (Wildman–Crippen LogP) is 2.25.